The van der Waals surface area contributed by atoms with Crippen molar-refractivity contribution in [3.8, 4) is 0 Å². The number of carbonyl (C=O) groups is 1. The Labute approximate surface area is 165 Å². The van der Waals surface area contributed by atoms with Gasteiger partial charge in [0.25, 0.3) is 5.91 Å². The number of ether oxygens (including phenoxy) is 2. The molecular formula is C23H26FNO3. The highest BCUT2D eigenvalue weighted by atomic mass is 19.1. The second-order valence-corrected chi connectivity index (χ2v) is 7.71. The molecule has 5 heteroatoms. The molecule has 1 atom stereocenters. The van der Waals surface area contributed by atoms with E-state index in [1.54, 1.807) is 23.1 Å². The molecule has 0 N–H and O–H groups in total. The standard InChI is InChI=1S/C23H26FNO3/c24-21-9-5-4-8-20(21)22(26)25-13-11-23(12-14-25)16-19(10-15-28-23)27-17-18-6-2-1-3-7-18/h1-9,19H,10-17H2. The van der Waals surface area contributed by atoms with E-state index in [0.717, 1.165) is 25.7 Å². The van der Waals surface area contributed by atoms with Gasteiger partial charge >= 0.3 is 0 Å². The fourth-order valence-electron chi connectivity index (χ4n) is 4.18. The largest absolute Gasteiger partial charge is 0.375 e. The fraction of sp³-hybridized carbons (Fsp3) is 0.435. The highest BCUT2D eigenvalue weighted by Crippen LogP contribution is 2.36. The van der Waals surface area contributed by atoms with Gasteiger partial charge in [-0.05, 0) is 37.0 Å². The Morgan fingerprint density at radius 1 is 1.11 bits per heavy atom. The minimum atomic E-state index is -0.462. The molecule has 2 aromatic carbocycles. The number of nitrogens with zero attached hydrogens (tertiary/aromatic N) is 1. The molecule has 0 aromatic heterocycles. The number of hydrogen-bond donors (Lipinski definition) is 0. The van der Waals surface area contributed by atoms with Crippen molar-refractivity contribution in [1.29, 1.82) is 0 Å². The van der Waals surface area contributed by atoms with Gasteiger partial charge in [0.05, 0.1) is 23.9 Å². The minimum absolute atomic E-state index is 0.145. The molecular weight excluding hydrogens is 357 g/mol. The van der Waals surface area contributed by atoms with Gasteiger partial charge in [-0.15, -0.1) is 0 Å². The van der Waals surface area contributed by atoms with Gasteiger partial charge in [0.15, 0.2) is 0 Å². The van der Waals surface area contributed by atoms with Crippen LogP contribution in [0.2, 0.25) is 0 Å². The first-order chi connectivity index (χ1) is 13.7. The lowest BCUT2D eigenvalue weighted by molar-refractivity contribution is -0.154. The molecule has 0 saturated carbocycles. The van der Waals surface area contributed by atoms with Crippen molar-refractivity contribution in [3.05, 3.63) is 71.5 Å². The van der Waals surface area contributed by atoms with E-state index in [0.29, 0.717) is 26.3 Å². The third kappa shape index (κ3) is 4.26. The molecule has 2 aliphatic rings. The number of hydrogen-bond acceptors (Lipinski definition) is 3. The average molecular weight is 383 g/mol. The van der Waals surface area contributed by atoms with E-state index in [4.69, 9.17) is 9.47 Å². The molecule has 4 rings (SSSR count). The Morgan fingerprint density at radius 3 is 2.57 bits per heavy atom. The second kappa shape index (κ2) is 8.41. The quantitative estimate of drug-likeness (QED) is 0.794. The molecule has 1 spiro atoms. The van der Waals surface area contributed by atoms with E-state index in [9.17, 15) is 9.18 Å². The van der Waals surface area contributed by atoms with Crippen molar-refractivity contribution in [1.82, 2.24) is 4.90 Å². The first-order valence-electron chi connectivity index (χ1n) is 9.99. The Kier molecular flexibility index (Phi) is 5.74. The molecule has 2 fully saturated rings. The van der Waals surface area contributed by atoms with Crippen molar-refractivity contribution >= 4 is 5.91 Å². The monoisotopic (exact) mass is 383 g/mol. The summed E-state index contributed by atoms with van der Waals surface area (Å²) >= 11 is 0. The number of carbonyl (C=O) groups excluding carboxylic acids is 1. The maximum Gasteiger partial charge on any atom is 0.256 e. The molecule has 1 unspecified atom stereocenters. The SMILES string of the molecule is O=C(c1ccccc1F)N1CCC2(CC1)CC(OCc1ccccc1)CCO2. The van der Waals surface area contributed by atoms with Crippen LogP contribution in [0, 0.1) is 5.82 Å². The first kappa shape index (κ1) is 19.1. The Hall–Kier alpha value is -2.24. The highest BCUT2D eigenvalue weighted by Gasteiger charge is 2.41. The molecule has 2 aliphatic heterocycles. The van der Waals surface area contributed by atoms with Crippen LogP contribution in [-0.4, -0.2) is 42.2 Å². The summed E-state index contributed by atoms with van der Waals surface area (Å²) < 4.78 is 26.2. The predicted molar refractivity (Wildman–Crippen MR) is 104 cm³/mol. The van der Waals surface area contributed by atoms with E-state index in [1.165, 1.54) is 11.6 Å². The third-order valence-electron chi connectivity index (χ3n) is 5.84. The molecule has 2 heterocycles. The summed E-state index contributed by atoms with van der Waals surface area (Å²) in [5.41, 5.74) is 1.09. The molecule has 1 amide bonds. The van der Waals surface area contributed by atoms with E-state index < -0.39 is 5.82 Å². The van der Waals surface area contributed by atoms with Crippen molar-refractivity contribution < 1.29 is 18.7 Å². The van der Waals surface area contributed by atoms with Gasteiger partial charge in [-0.1, -0.05) is 42.5 Å². The zero-order valence-electron chi connectivity index (χ0n) is 16.0. The Balaban J connectivity index is 1.33. The topological polar surface area (TPSA) is 38.8 Å². The summed E-state index contributed by atoms with van der Waals surface area (Å²) in [6.07, 6.45) is 3.44. The molecule has 2 aromatic rings. The van der Waals surface area contributed by atoms with Gasteiger partial charge in [0.1, 0.15) is 5.82 Å². The lowest BCUT2D eigenvalue weighted by atomic mass is 9.83. The minimum Gasteiger partial charge on any atom is -0.375 e. The summed E-state index contributed by atoms with van der Waals surface area (Å²) in [5.74, 6) is -0.697. The maximum atomic E-state index is 13.9. The zero-order chi connectivity index (χ0) is 19.4. The summed E-state index contributed by atoms with van der Waals surface area (Å²) in [6.45, 7) is 2.46. The van der Waals surface area contributed by atoms with Crippen molar-refractivity contribution in [3.63, 3.8) is 0 Å². The van der Waals surface area contributed by atoms with E-state index >= 15 is 0 Å². The number of benzene rings is 2. The number of likely N-dealkylation sites (tertiary alicyclic amines) is 1. The van der Waals surface area contributed by atoms with Crippen LogP contribution in [0.5, 0.6) is 0 Å². The van der Waals surface area contributed by atoms with Crippen LogP contribution in [0.4, 0.5) is 4.39 Å². The molecule has 28 heavy (non-hydrogen) atoms. The normalized spacial score (nSPS) is 21.6. The van der Waals surface area contributed by atoms with Gasteiger partial charge in [0.2, 0.25) is 0 Å². The van der Waals surface area contributed by atoms with Gasteiger partial charge in [0, 0.05) is 26.1 Å². The van der Waals surface area contributed by atoms with Gasteiger partial charge in [-0.2, -0.15) is 0 Å². The average Bonchev–Trinajstić information content (AvgIpc) is 2.74. The van der Waals surface area contributed by atoms with E-state index in [1.807, 2.05) is 18.2 Å². The smallest absolute Gasteiger partial charge is 0.256 e. The molecule has 4 nitrogen and oxygen atoms in total. The van der Waals surface area contributed by atoms with Crippen LogP contribution in [0.25, 0.3) is 0 Å². The lowest BCUT2D eigenvalue weighted by Crippen LogP contribution is -2.52. The molecule has 148 valence electrons. The third-order valence-corrected chi connectivity index (χ3v) is 5.84. The summed E-state index contributed by atoms with van der Waals surface area (Å²) in [4.78, 5) is 14.4. The lowest BCUT2D eigenvalue weighted by Gasteiger charge is -2.46. The summed E-state index contributed by atoms with van der Waals surface area (Å²) in [7, 11) is 0. The van der Waals surface area contributed by atoms with Gasteiger partial charge in [-0.25, -0.2) is 4.39 Å². The first-order valence-corrected chi connectivity index (χ1v) is 9.99. The number of halogens is 1. The van der Waals surface area contributed by atoms with Crippen LogP contribution in [0.1, 0.15) is 41.6 Å². The molecule has 0 aliphatic carbocycles. The van der Waals surface area contributed by atoms with Crippen LogP contribution >= 0.6 is 0 Å². The van der Waals surface area contributed by atoms with Crippen LogP contribution < -0.4 is 0 Å². The summed E-state index contributed by atoms with van der Waals surface area (Å²) in [6, 6.07) is 16.4. The molecule has 0 bridgehead atoms. The number of amides is 1. The molecule has 0 radical (unpaired) electrons. The van der Waals surface area contributed by atoms with Crippen molar-refractivity contribution in [2.75, 3.05) is 19.7 Å². The zero-order valence-corrected chi connectivity index (χ0v) is 16.0. The Morgan fingerprint density at radius 2 is 1.82 bits per heavy atom. The van der Waals surface area contributed by atoms with Crippen molar-refractivity contribution in [2.45, 2.75) is 44.0 Å². The molecule has 2 saturated heterocycles. The predicted octanol–water partition coefficient (Wildman–Crippen LogP) is 4.20. The summed E-state index contributed by atoms with van der Waals surface area (Å²) in [5, 5.41) is 0. The Bertz CT molecular complexity index is 803. The van der Waals surface area contributed by atoms with E-state index in [2.05, 4.69) is 12.1 Å². The van der Waals surface area contributed by atoms with E-state index in [-0.39, 0.29) is 23.2 Å². The maximum absolute atomic E-state index is 13.9. The number of rotatable bonds is 4. The number of piperidine rings is 1. The van der Waals surface area contributed by atoms with Crippen LogP contribution in [0.15, 0.2) is 54.6 Å². The van der Waals surface area contributed by atoms with Crippen molar-refractivity contribution in [2.24, 2.45) is 0 Å². The highest BCUT2D eigenvalue weighted by molar-refractivity contribution is 5.94. The second-order valence-electron chi connectivity index (χ2n) is 7.71. The fourth-order valence-corrected chi connectivity index (χ4v) is 4.18. The van der Waals surface area contributed by atoms with Crippen LogP contribution in [-0.2, 0) is 16.1 Å². The van der Waals surface area contributed by atoms with Gasteiger partial charge < -0.3 is 14.4 Å². The van der Waals surface area contributed by atoms with Gasteiger partial charge in [-0.3, -0.25) is 4.79 Å². The van der Waals surface area contributed by atoms with Crippen LogP contribution in [0.3, 0.4) is 0 Å².